The lowest BCUT2D eigenvalue weighted by Gasteiger charge is -2.18. The standard InChI is InChI=1S/C8H14O/c1-7-5-3-4-6-8(7)9-2/h6-7H,3-5H2,1-2H3/t7-/m1/s1. The van der Waals surface area contributed by atoms with E-state index < -0.39 is 0 Å². The van der Waals surface area contributed by atoms with E-state index in [9.17, 15) is 0 Å². The summed E-state index contributed by atoms with van der Waals surface area (Å²) < 4.78 is 5.16. The molecule has 0 radical (unpaired) electrons. The van der Waals surface area contributed by atoms with E-state index in [1.807, 2.05) is 0 Å². The van der Waals surface area contributed by atoms with Gasteiger partial charge in [-0.15, -0.1) is 0 Å². The summed E-state index contributed by atoms with van der Waals surface area (Å²) >= 11 is 0. The molecule has 0 bridgehead atoms. The Morgan fingerprint density at radius 1 is 1.67 bits per heavy atom. The third-order valence-corrected chi connectivity index (χ3v) is 1.91. The highest BCUT2D eigenvalue weighted by Gasteiger charge is 2.11. The van der Waals surface area contributed by atoms with Gasteiger partial charge in [0.25, 0.3) is 0 Å². The predicted molar refractivity (Wildman–Crippen MR) is 38.1 cm³/mol. The highest BCUT2D eigenvalue weighted by Crippen LogP contribution is 2.23. The molecule has 9 heavy (non-hydrogen) atoms. The van der Waals surface area contributed by atoms with E-state index in [1.54, 1.807) is 7.11 Å². The van der Waals surface area contributed by atoms with Crippen LogP contribution in [-0.4, -0.2) is 7.11 Å². The van der Waals surface area contributed by atoms with Gasteiger partial charge in [0.15, 0.2) is 0 Å². The molecule has 0 aliphatic heterocycles. The maximum Gasteiger partial charge on any atom is 0.0943 e. The topological polar surface area (TPSA) is 9.23 Å². The Morgan fingerprint density at radius 3 is 2.89 bits per heavy atom. The number of rotatable bonds is 1. The number of allylic oxidation sites excluding steroid dienone is 2. The highest BCUT2D eigenvalue weighted by molar-refractivity contribution is 5.00. The minimum absolute atomic E-state index is 0.656. The van der Waals surface area contributed by atoms with Crippen molar-refractivity contribution in [3.63, 3.8) is 0 Å². The smallest absolute Gasteiger partial charge is 0.0943 e. The molecule has 1 atom stereocenters. The molecule has 0 heterocycles. The number of ether oxygens (including phenoxy) is 1. The van der Waals surface area contributed by atoms with E-state index in [1.165, 1.54) is 25.0 Å². The zero-order valence-electron chi connectivity index (χ0n) is 6.18. The lowest BCUT2D eigenvalue weighted by molar-refractivity contribution is 0.231. The second-order valence-corrected chi connectivity index (χ2v) is 2.64. The van der Waals surface area contributed by atoms with Gasteiger partial charge in [-0.05, 0) is 25.3 Å². The maximum atomic E-state index is 5.16. The van der Waals surface area contributed by atoms with E-state index in [2.05, 4.69) is 13.0 Å². The van der Waals surface area contributed by atoms with Gasteiger partial charge in [0.1, 0.15) is 0 Å². The average molecular weight is 126 g/mol. The van der Waals surface area contributed by atoms with Crippen molar-refractivity contribution in [2.24, 2.45) is 5.92 Å². The molecule has 0 unspecified atom stereocenters. The second kappa shape index (κ2) is 2.90. The van der Waals surface area contributed by atoms with E-state index in [-0.39, 0.29) is 0 Å². The summed E-state index contributed by atoms with van der Waals surface area (Å²) in [5, 5.41) is 0. The summed E-state index contributed by atoms with van der Waals surface area (Å²) in [6.07, 6.45) is 6.02. The van der Waals surface area contributed by atoms with Crippen LogP contribution < -0.4 is 0 Å². The Morgan fingerprint density at radius 2 is 2.44 bits per heavy atom. The van der Waals surface area contributed by atoms with Crippen molar-refractivity contribution < 1.29 is 4.74 Å². The van der Waals surface area contributed by atoms with Crippen LogP contribution >= 0.6 is 0 Å². The molecular formula is C8H14O. The van der Waals surface area contributed by atoms with Crippen molar-refractivity contribution in [1.29, 1.82) is 0 Å². The molecular weight excluding hydrogens is 112 g/mol. The van der Waals surface area contributed by atoms with E-state index in [0.717, 1.165) is 0 Å². The largest absolute Gasteiger partial charge is 0.501 e. The third-order valence-electron chi connectivity index (χ3n) is 1.91. The van der Waals surface area contributed by atoms with E-state index in [0.29, 0.717) is 5.92 Å². The molecule has 0 fully saturated rings. The fraction of sp³-hybridized carbons (Fsp3) is 0.750. The van der Waals surface area contributed by atoms with Gasteiger partial charge in [-0.3, -0.25) is 0 Å². The monoisotopic (exact) mass is 126 g/mol. The molecule has 52 valence electrons. The quantitative estimate of drug-likeness (QED) is 0.524. The second-order valence-electron chi connectivity index (χ2n) is 2.64. The first-order valence-corrected chi connectivity index (χ1v) is 3.58. The number of hydrogen-bond acceptors (Lipinski definition) is 1. The SMILES string of the molecule is COC1=CCCC[C@H]1C. The van der Waals surface area contributed by atoms with Crippen LogP contribution in [-0.2, 0) is 4.74 Å². The molecule has 0 saturated heterocycles. The zero-order chi connectivity index (χ0) is 6.69. The van der Waals surface area contributed by atoms with Gasteiger partial charge < -0.3 is 4.74 Å². The number of methoxy groups -OCH3 is 1. The summed E-state index contributed by atoms with van der Waals surface area (Å²) in [6.45, 7) is 2.22. The Labute approximate surface area is 56.7 Å². The molecule has 1 rings (SSSR count). The summed E-state index contributed by atoms with van der Waals surface area (Å²) in [6, 6.07) is 0. The highest BCUT2D eigenvalue weighted by atomic mass is 16.5. The predicted octanol–water partition coefficient (Wildman–Crippen LogP) is 2.34. The molecule has 0 N–H and O–H groups in total. The van der Waals surface area contributed by atoms with Gasteiger partial charge in [-0.1, -0.05) is 6.92 Å². The van der Waals surface area contributed by atoms with Gasteiger partial charge >= 0.3 is 0 Å². The van der Waals surface area contributed by atoms with Crippen LogP contribution in [0.1, 0.15) is 26.2 Å². The Balaban J connectivity index is 2.53. The lowest BCUT2D eigenvalue weighted by Crippen LogP contribution is -2.05. The molecule has 0 amide bonds. The molecule has 0 aromatic rings. The normalized spacial score (nSPS) is 27.3. The van der Waals surface area contributed by atoms with Crippen LogP contribution in [0.25, 0.3) is 0 Å². The van der Waals surface area contributed by atoms with Gasteiger partial charge in [0, 0.05) is 5.92 Å². The fourth-order valence-electron chi connectivity index (χ4n) is 1.30. The van der Waals surface area contributed by atoms with Crippen LogP contribution in [0, 0.1) is 5.92 Å². The molecule has 0 aromatic heterocycles. The van der Waals surface area contributed by atoms with Crippen LogP contribution in [0.15, 0.2) is 11.8 Å². The minimum Gasteiger partial charge on any atom is -0.501 e. The maximum absolute atomic E-state index is 5.16. The summed E-state index contributed by atoms with van der Waals surface area (Å²) in [7, 11) is 1.76. The van der Waals surface area contributed by atoms with Crippen molar-refractivity contribution in [1.82, 2.24) is 0 Å². The summed E-state index contributed by atoms with van der Waals surface area (Å²) in [5.41, 5.74) is 0. The number of hydrogen-bond donors (Lipinski definition) is 0. The molecule has 0 spiro atoms. The van der Waals surface area contributed by atoms with E-state index in [4.69, 9.17) is 4.74 Å². The fourth-order valence-corrected chi connectivity index (χ4v) is 1.30. The van der Waals surface area contributed by atoms with Crippen molar-refractivity contribution >= 4 is 0 Å². The zero-order valence-corrected chi connectivity index (χ0v) is 6.18. The van der Waals surface area contributed by atoms with Crippen LogP contribution in [0.3, 0.4) is 0 Å². The molecule has 1 aliphatic carbocycles. The van der Waals surface area contributed by atoms with E-state index >= 15 is 0 Å². The molecule has 1 aliphatic rings. The Kier molecular flexibility index (Phi) is 2.15. The summed E-state index contributed by atoms with van der Waals surface area (Å²) in [4.78, 5) is 0. The van der Waals surface area contributed by atoms with Crippen molar-refractivity contribution in [2.75, 3.05) is 7.11 Å². The van der Waals surface area contributed by atoms with Gasteiger partial charge in [0.05, 0.1) is 12.9 Å². The molecule has 1 nitrogen and oxygen atoms in total. The first kappa shape index (κ1) is 6.66. The molecule has 0 aromatic carbocycles. The van der Waals surface area contributed by atoms with Crippen molar-refractivity contribution in [3.05, 3.63) is 11.8 Å². The van der Waals surface area contributed by atoms with Gasteiger partial charge in [0.2, 0.25) is 0 Å². The first-order valence-electron chi connectivity index (χ1n) is 3.58. The third kappa shape index (κ3) is 1.47. The van der Waals surface area contributed by atoms with Crippen LogP contribution in [0.5, 0.6) is 0 Å². The van der Waals surface area contributed by atoms with Gasteiger partial charge in [-0.2, -0.15) is 0 Å². The van der Waals surface area contributed by atoms with Crippen LogP contribution in [0.2, 0.25) is 0 Å². The Bertz CT molecular complexity index is 116. The molecule has 0 saturated carbocycles. The van der Waals surface area contributed by atoms with Gasteiger partial charge in [-0.25, -0.2) is 0 Å². The minimum atomic E-state index is 0.656. The Hall–Kier alpha value is -0.460. The summed E-state index contributed by atoms with van der Waals surface area (Å²) in [5.74, 6) is 1.84. The lowest BCUT2D eigenvalue weighted by atomic mass is 9.96. The van der Waals surface area contributed by atoms with Crippen LogP contribution in [0.4, 0.5) is 0 Å². The average Bonchev–Trinajstić information content (AvgIpc) is 1.89. The first-order chi connectivity index (χ1) is 4.34. The molecule has 1 heteroatoms. The van der Waals surface area contributed by atoms with Crippen molar-refractivity contribution in [2.45, 2.75) is 26.2 Å². The van der Waals surface area contributed by atoms with Crippen molar-refractivity contribution in [3.8, 4) is 0 Å².